The zero-order chi connectivity index (χ0) is 31.2. The van der Waals surface area contributed by atoms with Crippen LogP contribution in [0.2, 0.25) is 5.02 Å². The number of nitrogens with zero attached hydrogens (tertiary/aromatic N) is 1. The highest BCUT2D eigenvalue weighted by Gasteiger charge is 2.29. The molecule has 224 valence electrons. The third kappa shape index (κ3) is 8.92. The number of ether oxygens (including phenoxy) is 1. The maximum absolute atomic E-state index is 13.5. The van der Waals surface area contributed by atoms with Gasteiger partial charge in [-0.2, -0.15) is 0 Å². The van der Waals surface area contributed by atoms with E-state index in [1.165, 1.54) is 29.2 Å². The summed E-state index contributed by atoms with van der Waals surface area (Å²) >= 11 is 6.09. The van der Waals surface area contributed by atoms with Gasteiger partial charge in [0.15, 0.2) is 0 Å². The minimum atomic E-state index is -3.95. The van der Waals surface area contributed by atoms with Crippen molar-refractivity contribution in [3.05, 3.63) is 100 Å². The van der Waals surface area contributed by atoms with Crippen molar-refractivity contribution >= 4 is 39.6 Å². The average molecular weight is 614 g/mol. The number of sulfone groups is 1. The number of aryl methyl sites for hydroxylation is 1. The van der Waals surface area contributed by atoms with Gasteiger partial charge in [0.2, 0.25) is 9.84 Å². The Morgan fingerprint density at radius 3 is 2.31 bits per heavy atom. The predicted molar refractivity (Wildman–Crippen MR) is 162 cm³/mol. The number of hydrogen-bond donors (Lipinski definition) is 2. The Labute approximate surface area is 252 Å². The first kappa shape index (κ1) is 32.8. The molecular weight excluding hydrogens is 578 g/mol. The van der Waals surface area contributed by atoms with Gasteiger partial charge in [-0.1, -0.05) is 53.6 Å². The van der Waals surface area contributed by atoms with E-state index in [-0.39, 0.29) is 21.9 Å². The largest absolute Gasteiger partial charge is 0.478 e. The third-order valence-corrected chi connectivity index (χ3v) is 8.47. The first-order valence-electron chi connectivity index (χ1n) is 13.4. The van der Waals surface area contributed by atoms with Crippen LogP contribution in [0.15, 0.2) is 82.6 Å². The van der Waals surface area contributed by atoms with E-state index in [0.717, 1.165) is 17.2 Å². The maximum Gasteiger partial charge on any atom is 0.410 e. The molecule has 0 aliphatic rings. The first-order valence-corrected chi connectivity index (χ1v) is 15.2. The monoisotopic (exact) mass is 613 g/mol. The highest BCUT2D eigenvalue weighted by atomic mass is 35.5. The molecule has 0 radical (unpaired) electrons. The summed E-state index contributed by atoms with van der Waals surface area (Å²) in [7, 11) is -3.95. The summed E-state index contributed by atoms with van der Waals surface area (Å²) in [6.07, 6.45) is 0.930. The Morgan fingerprint density at radius 2 is 1.71 bits per heavy atom. The molecule has 0 bridgehead atoms. The molecule has 10 heteroatoms. The summed E-state index contributed by atoms with van der Waals surface area (Å²) in [5.74, 6) is -1.18. The summed E-state index contributed by atoms with van der Waals surface area (Å²) in [5.41, 5.74) is 1.65. The van der Waals surface area contributed by atoms with Crippen molar-refractivity contribution in [3.63, 3.8) is 0 Å². The molecular formula is C32H36ClNO7S. The Morgan fingerprint density at radius 1 is 1.05 bits per heavy atom. The van der Waals surface area contributed by atoms with E-state index in [9.17, 15) is 23.1 Å². The van der Waals surface area contributed by atoms with Crippen LogP contribution in [-0.4, -0.2) is 53.8 Å². The minimum absolute atomic E-state index is 0.00202. The smallest absolute Gasteiger partial charge is 0.410 e. The van der Waals surface area contributed by atoms with Gasteiger partial charge >= 0.3 is 12.1 Å². The Balaban J connectivity index is 1.85. The van der Waals surface area contributed by atoms with Crippen LogP contribution in [0.5, 0.6) is 0 Å². The predicted octanol–water partition coefficient (Wildman–Crippen LogP) is 6.48. The van der Waals surface area contributed by atoms with Crippen molar-refractivity contribution in [2.75, 3.05) is 6.54 Å². The Bertz CT molecular complexity index is 1560. The van der Waals surface area contributed by atoms with E-state index in [1.807, 2.05) is 6.92 Å². The first-order chi connectivity index (χ1) is 19.6. The van der Waals surface area contributed by atoms with Crippen molar-refractivity contribution in [3.8, 4) is 0 Å². The van der Waals surface area contributed by atoms with Gasteiger partial charge in [0.05, 0.1) is 22.4 Å². The van der Waals surface area contributed by atoms with Gasteiger partial charge in [-0.3, -0.25) is 0 Å². The molecule has 2 atom stereocenters. The quantitative estimate of drug-likeness (QED) is 0.251. The molecule has 42 heavy (non-hydrogen) atoms. The van der Waals surface area contributed by atoms with E-state index < -0.39 is 39.6 Å². The number of hydrogen-bond acceptors (Lipinski definition) is 6. The fraction of sp³-hybridized carbons (Fsp3) is 0.312. The molecule has 0 aliphatic heterocycles. The number of aliphatic hydroxyl groups excluding tert-OH is 1. The van der Waals surface area contributed by atoms with Gasteiger partial charge in [0.1, 0.15) is 5.60 Å². The second-order valence-corrected chi connectivity index (χ2v) is 13.5. The zero-order valence-electron chi connectivity index (χ0n) is 24.2. The number of benzene rings is 3. The number of halogens is 1. The highest BCUT2D eigenvalue weighted by molar-refractivity contribution is 7.91. The maximum atomic E-state index is 13.5. The SMILES string of the molecule is Cc1ccc(S(=O)(=O)c2ccc(C[C@@H](C)N(C[C@H](O)c3cccc(Cl)c3)C(=O)OC(C)(C)C)cc2)c(C=CC(=O)O)c1. The van der Waals surface area contributed by atoms with Gasteiger partial charge in [0.25, 0.3) is 0 Å². The van der Waals surface area contributed by atoms with E-state index in [2.05, 4.69) is 0 Å². The van der Waals surface area contributed by atoms with Gasteiger partial charge in [-0.15, -0.1) is 0 Å². The van der Waals surface area contributed by atoms with Crippen LogP contribution in [0, 0.1) is 6.92 Å². The van der Waals surface area contributed by atoms with Crippen LogP contribution < -0.4 is 0 Å². The summed E-state index contributed by atoms with van der Waals surface area (Å²) in [5, 5.41) is 20.4. The summed E-state index contributed by atoms with van der Waals surface area (Å²) in [6, 6.07) is 17.4. The van der Waals surface area contributed by atoms with Gasteiger partial charge in [-0.05, 0) is 94.1 Å². The molecule has 0 unspecified atom stereocenters. The van der Waals surface area contributed by atoms with Crippen LogP contribution >= 0.6 is 11.6 Å². The zero-order valence-corrected chi connectivity index (χ0v) is 25.8. The number of carbonyl (C=O) groups excluding carboxylic acids is 1. The van der Waals surface area contributed by atoms with Crippen LogP contribution in [0.25, 0.3) is 6.08 Å². The topological polar surface area (TPSA) is 121 Å². The molecule has 3 rings (SSSR count). The molecule has 0 spiro atoms. The van der Waals surface area contributed by atoms with Crippen molar-refractivity contribution in [2.45, 2.75) is 68.6 Å². The molecule has 0 aliphatic carbocycles. The summed E-state index contributed by atoms with van der Waals surface area (Å²) in [6.45, 7) is 8.86. The molecule has 8 nitrogen and oxygen atoms in total. The lowest BCUT2D eigenvalue weighted by atomic mass is 10.0. The van der Waals surface area contributed by atoms with Gasteiger partial charge in [0, 0.05) is 17.1 Å². The molecule has 0 saturated heterocycles. The Hall–Kier alpha value is -3.66. The summed E-state index contributed by atoms with van der Waals surface area (Å²) < 4.78 is 32.5. The van der Waals surface area contributed by atoms with Crippen LogP contribution in [0.1, 0.15) is 56.1 Å². The van der Waals surface area contributed by atoms with E-state index in [0.29, 0.717) is 17.0 Å². The number of carboxylic acids is 1. The van der Waals surface area contributed by atoms with Crippen molar-refractivity contribution in [2.24, 2.45) is 0 Å². The van der Waals surface area contributed by atoms with E-state index >= 15 is 0 Å². The molecule has 3 aromatic carbocycles. The lowest BCUT2D eigenvalue weighted by Crippen LogP contribution is -2.45. The molecule has 0 heterocycles. The number of carbonyl (C=O) groups is 2. The van der Waals surface area contributed by atoms with Gasteiger partial charge in [-0.25, -0.2) is 18.0 Å². The minimum Gasteiger partial charge on any atom is -0.478 e. The number of carboxylic acid groups (broad SMARTS) is 1. The molecule has 2 N–H and O–H groups in total. The molecule has 3 aromatic rings. The molecule has 0 aromatic heterocycles. The standard InChI is InChI=1S/C32H36ClNO7S/c1-21-9-15-29(25(17-21)12-16-30(36)37)42(39,40)27-13-10-23(11-14-27)18-22(2)34(31(38)41-32(3,4)5)20-28(35)24-7-6-8-26(33)19-24/h6-17,19,22,28,35H,18,20H2,1-5H3,(H,36,37)/t22-,28+/m1/s1. The fourth-order valence-electron chi connectivity index (χ4n) is 4.35. The number of rotatable bonds is 10. The highest BCUT2D eigenvalue weighted by Crippen LogP contribution is 2.27. The van der Waals surface area contributed by atoms with Crippen molar-refractivity contribution in [1.82, 2.24) is 4.90 Å². The lowest BCUT2D eigenvalue weighted by Gasteiger charge is -2.33. The van der Waals surface area contributed by atoms with Crippen LogP contribution in [0.3, 0.4) is 0 Å². The molecule has 0 fully saturated rings. The summed E-state index contributed by atoms with van der Waals surface area (Å²) in [4.78, 5) is 25.7. The normalized spacial score (nSPS) is 13.5. The Kier molecular flexibility index (Phi) is 10.6. The van der Waals surface area contributed by atoms with E-state index in [4.69, 9.17) is 21.4 Å². The second-order valence-electron chi connectivity index (χ2n) is 11.1. The van der Waals surface area contributed by atoms with Crippen molar-refractivity contribution in [1.29, 1.82) is 0 Å². The number of amides is 1. The fourth-order valence-corrected chi connectivity index (χ4v) is 5.98. The van der Waals surface area contributed by atoms with Crippen molar-refractivity contribution < 1.29 is 33.0 Å². The lowest BCUT2D eigenvalue weighted by molar-refractivity contribution is -0.131. The van der Waals surface area contributed by atoms with Crippen LogP contribution in [0.4, 0.5) is 4.79 Å². The van der Waals surface area contributed by atoms with Gasteiger partial charge < -0.3 is 19.8 Å². The number of aliphatic carboxylic acids is 1. The number of aliphatic hydroxyl groups is 1. The molecule has 1 amide bonds. The third-order valence-electron chi connectivity index (χ3n) is 6.39. The molecule has 0 saturated carbocycles. The second kappa shape index (κ2) is 13.5. The van der Waals surface area contributed by atoms with E-state index in [1.54, 1.807) is 76.2 Å². The average Bonchev–Trinajstić information content (AvgIpc) is 2.89. The van der Waals surface area contributed by atoms with Crippen LogP contribution in [-0.2, 0) is 25.8 Å².